The highest BCUT2D eigenvalue weighted by molar-refractivity contribution is 5.88. The van der Waals surface area contributed by atoms with E-state index in [1.165, 1.54) is 0 Å². The number of hydrogen-bond donors (Lipinski definition) is 2. The maximum atomic E-state index is 10.6. The van der Waals surface area contributed by atoms with Crippen molar-refractivity contribution in [2.75, 3.05) is 0 Å². The molecular weight excluding hydrogens is 154 g/mol. The van der Waals surface area contributed by atoms with Crippen LogP contribution in [0.4, 0.5) is 0 Å². The monoisotopic (exact) mass is 165 g/mol. The van der Waals surface area contributed by atoms with Gasteiger partial charge in [0.25, 0.3) is 0 Å². The molecule has 0 aliphatic carbocycles. The van der Waals surface area contributed by atoms with E-state index < -0.39 is 5.97 Å². The minimum Gasteiger partial charge on any atom is -0.478 e. The Morgan fingerprint density at radius 2 is 2.17 bits per heavy atom. The SMILES string of the molecule is Cc1cc(CN)cc(C(=O)O)c1. The molecule has 0 heterocycles. The number of carbonyl (C=O) groups is 1. The zero-order valence-corrected chi connectivity index (χ0v) is 6.87. The molecule has 0 amide bonds. The molecule has 3 heteroatoms. The summed E-state index contributed by atoms with van der Waals surface area (Å²) in [6.45, 7) is 2.23. The Kier molecular flexibility index (Phi) is 2.45. The lowest BCUT2D eigenvalue weighted by Gasteiger charge is -2.01. The van der Waals surface area contributed by atoms with Crippen LogP contribution in [0.5, 0.6) is 0 Å². The van der Waals surface area contributed by atoms with Gasteiger partial charge in [0, 0.05) is 6.54 Å². The highest BCUT2D eigenvalue weighted by Gasteiger charge is 2.03. The molecule has 3 nitrogen and oxygen atoms in total. The molecule has 0 saturated heterocycles. The van der Waals surface area contributed by atoms with Crippen LogP contribution in [0.3, 0.4) is 0 Å². The first-order valence-corrected chi connectivity index (χ1v) is 3.67. The first-order chi connectivity index (χ1) is 5.63. The average molecular weight is 165 g/mol. The van der Waals surface area contributed by atoms with Crippen molar-refractivity contribution in [3.8, 4) is 0 Å². The predicted molar refractivity (Wildman–Crippen MR) is 46.0 cm³/mol. The number of aromatic carboxylic acids is 1. The third-order valence-electron chi connectivity index (χ3n) is 1.62. The first-order valence-electron chi connectivity index (χ1n) is 3.67. The summed E-state index contributed by atoms with van der Waals surface area (Å²) >= 11 is 0. The molecule has 12 heavy (non-hydrogen) atoms. The van der Waals surface area contributed by atoms with Crippen LogP contribution in [0, 0.1) is 6.92 Å². The number of carboxylic acids is 1. The Labute approximate surface area is 70.8 Å². The van der Waals surface area contributed by atoms with E-state index in [2.05, 4.69) is 0 Å². The first kappa shape index (κ1) is 8.74. The van der Waals surface area contributed by atoms with E-state index in [-0.39, 0.29) is 0 Å². The lowest BCUT2D eigenvalue weighted by Crippen LogP contribution is -2.02. The number of rotatable bonds is 2. The molecule has 0 spiro atoms. The van der Waals surface area contributed by atoms with Gasteiger partial charge in [-0.3, -0.25) is 0 Å². The number of benzene rings is 1. The van der Waals surface area contributed by atoms with Gasteiger partial charge in [-0.25, -0.2) is 4.79 Å². The van der Waals surface area contributed by atoms with Crippen molar-refractivity contribution >= 4 is 5.97 Å². The summed E-state index contributed by atoms with van der Waals surface area (Å²) in [5, 5.41) is 8.69. The third kappa shape index (κ3) is 1.83. The van der Waals surface area contributed by atoms with Crippen molar-refractivity contribution in [2.24, 2.45) is 5.73 Å². The molecule has 3 N–H and O–H groups in total. The van der Waals surface area contributed by atoms with Gasteiger partial charge in [-0.05, 0) is 30.2 Å². The lowest BCUT2D eigenvalue weighted by atomic mass is 10.1. The highest BCUT2D eigenvalue weighted by atomic mass is 16.4. The molecule has 0 radical (unpaired) electrons. The van der Waals surface area contributed by atoms with Gasteiger partial charge >= 0.3 is 5.97 Å². The normalized spacial score (nSPS) is 9.83. The van der Waals surface area contributed by atoms with Crippen molar-refractivity contribution in [3.63, 3.8) is 0 Å². The largest absolute Gasteiger partial charge is 0.478 e. The number of aryl methyl sites for hydroxylation is 1. The van der Waals surface area contributed by atoms with Crippen molar-refractivity contribution < 1.29 is 9.90 Å². The summed E-state index contributed by atoms with van der Waals surface area (Å²) in [6.07, 6.45) is 0. The zero-order valence-electron chi connectivity index (χ0n) is 6.87. The van der Waals surface area contributed by atoms with Crippen LogP contribution in [0.1, 0.15) is 21.5 Å². The predicted octanol–water partition coefficient (Wildman–Crippen LogP) is 1.15. The molecule has 0 saturated carbocycles. The molecule has 0 fully saturated rings. The maximum Gasteiger partial charge on any atom is 0.335 e. The van der Waals surface area contributed by atoms with Crippen molar-refractivity contribution in [1.29, 1.82) is 0 Å². The van der Waals surface area contributed by atoms with E-state index in [1.807, 2.05) is 13.0 Å². The summed E-state index contributed by atoms with van der Waals surface area (Å²) < 4.78 is 0. The molecular formula is C9H11NO2. The number of carboxylic acid groups (broad SMARTS) is 1. The van der Waals surface area contributed by atoms with Crippen molar-refractivity contribution in [2.45, 2.75) is 13.5 Å². The van der Waals surface area contributed by atoms with E-state index in [0.717, 1.165) is 11.1 Å². The molecule has 1 aromatic rings. The van der Waals surface area contributed by atoms with Crippen LogP contribution in [-0.4, -0.2) is 11.1 Å². The maximum absolute atomic E-state index is 10.6. The van der Waals surface area contributed by atoms with Crippen molar-refractivity contribution in [1.82, 2.24) is 0 Å². The number of hydrogen-bond acceptors (Lipinski definition) is 2. The zero-order chi connectivity index (χ0) is 9.14. The van der Waals surface area contributed by atoms with Gasteiger partial charge in [0.15, 0.2) is 0 Å². The highest BCUT2D eigenvalue weighted by Crippen LogP contribution is 2.08. The Morgan fingerprint density at radius 1 is 1.50 bits per heavy atom. The fraction of sp³-hybridized carbons (Fsp3) is 0.222. The minimum absolute atomic E-state index is 0.301. The Balaban J connectivity index is 3.15. The van der Waals surface area contributed by atoms with Crippen LogP contribution in [0.25, 0.3) is 0 Å². The molecule has 0 atom stereocenters. The van der Waals surface area contributed by atoms with Gasteiger partial charge < -0.3 is 10.8 Å². The van der Waals surface area contributed by atoms with Gasteiger partial charge in [0.05, 0.1) is 5.56 Å². The summed E-state index contributed by atoms with van der Waals surface area (Å²) in [6, 6.07) is 5.10. The molecule has 64 valence electrons. The van der Waals surface area contributed by atoms with E-state index in [0.29, 0.717) is 12.1 Å². The molecule has 0 aliphatic heterocycles. The van der Waals surface area contributed by atoms with Crippen molar-refractivity contribution in [3.05, 3.63) is 34.9 Å². The molecule has 0 bridgehead atoms. The van der Waals surface area contributed by atoms with Crippen LogP contribution in [0.15, 0.2) is 18.2 Å². The van der Waals surface area contributed by atoms with Crippen LogP contribution in [0.2, 0.25) is 0 Å². The quantitative estimate of drug-likeness (QED) is 0.691. The smallest absolute Gasteiger partial charge is 0.335 e. The van der Waals surface area contributed by atoms with Gasteiger partial charge in [-0.2, -0.15) is 0 Å². The van der Waals surface area contributed by atoms with E-state index in [4.69, 9.17) is 10.8 Å². The van der Waals surface area contributed by atoms with Gasteiger partial charge in [-0.15, -0.1) is 0 Å². The van der Waals surface area contributed by atoms with Crippen LogP contribution in [-0.2, 0) is 6.54 Å². The minimum atomic E-state index is -0.909. The second kappa shape index (κ2) is 3.36. The van der Waals surface area contributed by atoms with Gasteiger partial charge in [0.1, 0.15) is 0 Å². The summed E-state index contributed by atoms with van der Waals surface area (Å²) in [7, 11) is 0. The van der Waals surface area contributed by atoms with E-state index in [9.17, 15) is 4.79 Å². The van der Waals surface area contributed by atoms with Crippen LogP contribution >= 0.6 is 0 Å². The third-order valence-corrected chi connectivity index (χ3v) is 1.62. The summed E-state index contributed by atoms with van der Waals surface area (Å²) in [5.74, 6) is -0.909. The molecule has 0 aromatic heterocycles. The second-order valence-corrected chi connectivity index (χ2v) is 2.72. The standard InChI is InChI=1S/C9H11NO2/c1-6-2-7(5-10)4-8(3-6)9(11)12/h2-4H,5,10H2,1H3,(H,11,12). The Morgan fingerprint density at radius 3 is 2.67 bits per heavy atom. The topological polar surface area (TPSA) is 63.3 Å². The second-order valence-electron chi connectivity index (χ2n) is 2.72. The molecule has 1 aromatic carbocycles. The molecule has 0 aliphatic rings. The van der Waals surface area contributed by atoms with Gasteiger partial charge in [0.2, 0.25) is 0 Å². The van der Waals surface area contributed by atoms with Crippen LogP contribution < -0.4 is 5.73 Å². The van der Waals surface area contributed by atoms with Gasteiger partial charge in [-0.1, -0.05) is 6.07 Å². The summed E-state index contributed by atoms with van der Waals surface area (Å²) in [4.78, 5) is 10.6. The number of nitrogens with two attached hydrogens (primary N) is 1. The fourth-order valence-corrected chi connectivity index (χ4v) is 1.10. The Hall–Kier alpha value is -1.35. The molecule has 1 rings (SSSR count). The molecule has 0 unspecified atom stereocenters. The average Bonchev–Trinajstić information content (AvgIpc) is 2.03. The Bertz CT molecular complexity index is 307. The summed E-state index contributed by atoms with van der Waals surface area (Å²) in [5.41, 5.74) is 7.48. The lowest BCUT2D eigenvalue weighted by molar-refractivity contribution is 0.0696. The fourth-order valence-electron chi connectivity index (χ4n) is 1.10. The van der Waals surface area contributed by atoms with E-state index in [1.54, 1.807) is 12.1 Å². The van der Waals surface area contributed by atoms with E-state index >= 15 is 0 Å².